The summed E-state index contributed by atoms with van der Waals surface area (Å²) in [4.78, 5) is 0. The second-order valence-electron chi connectivity index (χ2n) is 4.98. The van der Waals surface area contributed by atoms with Gasteiger partial charge in [0, 0.05) is 6.42 Å². The summed E-state index contributed by atoms with van der Waals surface area (Å²) in [5.74, 6) is 0.531. The van der Waals surface area contributed by atoms with Crippen LogP contribution in [0.5, 0.6) is 0 Å². The zero-order valence-electron chi connectivity index (χ0n) is 9.66. The van der Waals surface area contributed by atoms with Crippen LogP contribution in [0.4, 0.5) is 0 Å². The smallest absolute Gasteiger partial charge is 0.0687 e. The summed E-state index contributed by atoms with van der Waals surface area (Å²) in [6.45, 7) is 4.13. The Morgan fingerprint density at radius 3 is 2.20 bits per heavy atom. The van der Waals surface area contributed by atoms with E-state index in [1.54, 1.807) is 0 Å². The van der Waals surface area contributed by atoms with Gasteiger partial charge in [0.05, 0.1) is 5.60 Å². The first-order valence-electron chi connectivity index (χ1n) is 5.92. The molecule has 1 N–H and O–H groups in total. The molecule has 1 atom stereocenters. The molecule has 0 spiro atoms. The summed E-state index contributed by atoms with van der Waals surface area (Å²) >= 11 is 0. The Hall–Kier alpha value is -0.820. The minimum atomic E-state index is -0.492. The number of hydrogen-bond donors (Lipinski definition) is 1. The lowest BCUT2D eigenvalue weighted by atomic mass is 9.91. The van der Waals surface area contributed by atoms with Crippen LogP contribution >= 0.6 is 0 Å². The van der Waals surface area contributed by atoms with E-state index in [0.717, 1.165) is 12.8 Å². The first kappa shape index (κ1) is 10.7. The summed E-state index contributed by atoms with van der Waals surface area (Å²) in [5, 5.41) is 10.2. The van der Waals surface area contributed by atoms with Gasteiger partial charge in [-0.1, -0.05) is 31.2 Å². The molecule has 15 heavy (non-hydrogen) atoms. The van der Waals surface area contributed by atoms with E-state index in [9.17, 15) is 5.11 Å². The van der Waals surface area contributed by atoms with Gasteiger partial charge in [-0.2, -0.15) is 0 Å². The highest BCUT2D eigenvalue weighted by molar-refractivity contribution is 5.24. The topological polar surface area (TPSA) is 20.2 Å². The molecule has 1 fully saturated rings. The Morgan fingerprint density at radius 1 is 1.20 bits per heavy atom. The Labute approximate surface area is 92.1 Å². The van der Waals surface area contributed by atoms with Crippen molar-refractivity contribution < 1.29 is 5.11 Å². The number of benzene rings is 1. The molecular formula is C14H20O. The molecule has 1 aliphatic rings. The van der Waals surface area contributed by atoms with Gasteiger partial charge in [-0.15, -0.1) is 0 Å². The zero-order valence-corrected chi connectivity index (χ0v) is 9.66. The van der Waals surface area contributed by atoms with Crippen molar-refractivity contribution in [3.8, 4) is 0 Å². The molecule has 0 aliphatic heterocycles. The molecule has 1 saturated carbocycles. The molecule has 82 valence electrons. The molecule has 0 heterocycles. The third kappa shape index (κ3) is 2.60. The molecular weight excluding hydrogens is 184 g/mol. The lowest BCUT2D eigenvalue weighted by Crippen LogP contribution is -2.29. The molecule has 1 aliphatic carbocycles. The van der Waals surface area contributed by atoms with Gasteiger partial charge in [-0.25, -0.2) is 0 Å². The lowest BCUT2D eigenvalue weighted by Gasteiger charge is -2.23. The minimum Gasteiger partial charge on any atom is -0.390 e. The van der Waals surface area contributed by atoms with Crippen LogP contribution in [-0.2, 0) is 12.8 Å². The highest BCUT2D eigenvalue weighted by Crippen LogP contribution is 2.41. The average Bonchev–Trinajstić information content (AvgIpc) is 3.01. The maximum Gasteiger partial charge on any atom is 0.0687 e. The van der Waals surface area contributed by atoms with Crippen LogP contribution in [0.2, 0.25) is 0 Å². The Morgan fingerprint density at radius 2 is 1.73 bits per heavy atom. The molecule has 1 nitrogen and oxygen atoms in total. The maximum absolute atomic E-state index is 10.2. The quantitative estimate of drug-likeness (QED) is 0.799. The van der Waals surface area contributed by atoms with E-state index in [2.05, 4.69) is 31.2 Å². The number of aryl methyl sites for hydroxylation is 1. The van der Waals surface area contributed by atoms with Crippen molar-refractivity contribution in [3.05, 3.63) is 35.4 Å². The second kappa shape index (κ2) is 3.97. The van der Waals surface area contributed by atoms with Crippen molar-refractivity contribution in [1.82, 2.24) is 0 Å². The SMILES string of the molecule is CCc1ccc(CC(C)(O)C2CC2)cc1. The Bertz CT molecular complexity index is 320. The minimum absolute atomic E-state index is 0.492. The van der Waals surface area contributed by atoms with Crippen molar-refractivity contribution in [2.24, 2.45) is 5.92 Å². The van der Waals surface area contributed by atoms with Gasteiger partial charge in [-0.3, -0.25) is 0 Å². The van der Waals surface area contributed by atoms with Gasteiger partial charge in [0.15, 0.2) is 0 Å². The van der Waals surface area contributed by atoms with E-state index in [0.29, 0.717) is 5.92 Å². The third-order valence-electron chi connectivity index (χ3n) is 3.45. The van der Waals surface area contributed by atoms with Gasteiger partial charge >= 0.3 is 0 Å². The molecule has 0 bridgehead atoms. The molecule has 0 amide bonds. The summed E-state index contributed by atoms with van der Waals surface area (Å²) in [6, 6.07) is 8.63. The van der Waals surface area contributed by atoms with E-state index >= 15 is 0 Å². The molecule has 0 radical (unpaired) electrons. The molecule has 1 aromatic rings. The summed E-state index contributed by atoms with van der Waals surface area (Å²) in [7, 11) is 0. The third-order valence-corrected chi connectivity index (χ3v) is 3.45. The normalized spacial score (nSPS) is 19.9. The highest BCUT2D eigenvalue weighted by atomic mass is 16.3. The van der Waals surface area contributed by atoms with Crippen LogP contribution in [-0.4, -0.2) is 10.7 Å². The number of aliphatic hydroxyl groups is 1. The summed E-state index contributed by atoms with van der Waals surface area (Å²) in [5.41, 5.74) is 2.13. The molecule has 1 aromatic carbocycles. The van der Waals surface area contributed by atoms with Crippen LogP contribution in [0.1, 0.15) is 37.8 Å². The first-order valence-corrected chi connectivity index (χ1v) is 5.92. The largest absolute Gasteiger partial charge is 0.390 e. The van der Waals surface area contributed by atoms with Crippen molar-refractivity contribution in [2.45, 2.75) is 45.1 Å². The van der Waals surface area contributed by atoms with E-state index in [1.807, 2.05) is 6.92 Å². The van der Waals surface area contributed by atoms with Gasteiger partial charge < -0.3 is 5.11 Å². The molecule has 1 heteroatoms. The predicted octanol–water partition coefficient (Wildman–Crippen LogP) is 2.95. The van der Waals surface area contributed by atoms with Gasteiger partial charge in [0.25, 0.3) is 0 Å². The fourth-order valence-corrected chi connectivity index (χ4v) is 2.16. The summed E-state index contributed by atoms with van der Waals surface area (Å²) in [6.07, 6.45) is 4.26. The maximum atomic E-state index is 10.2. The van der Waals surface area contributed by atoms with E-state index in [-0.39, 0.29) is 0 Å². The fourth-order valence-electron chi connectivity index (χ4n) is 2.16. The van der Waals surface area contributed by atoms with Gasteiger partial charge in [0.2, 0.25) is 0 Å². The van der Waals surface area contributed by atoms with Crippen molar-refractivity contribution >= 4 is 0 Å². The molecule has 2 rings (SSSR count). The van der Waals surface area contributed by atoms with Crippen molar-refractivity contribution in [2.75, 3.05) is 0 Å². The van der Waals surface area contributed by atoms with Gasteiger partial charge in [0.1, 0.15) is 0 Å². The van der Waals surface area contributed by atoms with Crippen molar-refractivity contribution in [1.29, 1.82) is 0 Å². The van der Waals surface area contributed by atoms with E-state index < -0.39 is 5.60 Å². The first-order chi connectivity index (χ1) is 7.12. The standard InChI is InChI=1S/C14H20O/c1-3-11-4-6-12(7-5-11)10-14(2,15)13-8-9-13/h4-7,13,15H,3,8-10H2,1-2H3. The fraction of sp³-hybridized carbons (Fsp3) is 0.571. The van der Waals surface area contributed by atoms with Crippen LogP contribution in [0.3, 0.4) is 0 Å². The second-order valence-corrected chi connectivity index (χ2v) is 4.98. The monoisotopic (exact) mass is 204 g/mol. The van der Waals surface area contributed by atoms with Crippen LogP contribution in [0, 0.1) is 5.92 Å². The Kier molecular flexibility index (Phi) is 2.83. The van der Waals surface area contributed by atoms with Gasteiger partial charge in [-0.05, 0) is 43.2 Å². The predicted molar refractivity (Wildman–Crippen MR) is 62.9 cm³/mol. The highest BCUT2D eigenvalue weighted by Gasteiger charge is 2.39. The lowest BCUT2D eigenvalue weighted by molar-refractivity contribution is 0.0372. The Balaban J connectivity index is 2.03. The molecule has 0 aromatic heterocycles. The van der Waals surface area contributed by atoms with E-state index in [4.69, 9.17) is 0 Å². The average molecular weight is 204 g/mol. The van der Waals surface area contributed by atoms with Crippen LogP contribution in [0.15, 0.2) is 24.3 Å². The summed E-state index contributed by atoms with van der Waals surface area (Å²) < 4.78 is 0. The molecule has 0 saturated heterocycles. The van der Waals surface area contributed by atoms with Crippen LogP contribution in [0.25, 0.3) is 0 Å². The van der Waals surface area contributed by atoms with Crippen molar-refractivity contribution in [3.63, 3.8) is 0 Å². The van der Waals surface area contributed by atoms with Crippen LogP contribution < -0.4 is 0 Å². The van der Waals surface area contributed by atoms with E-state index in [1.165, 1.54) is 24.0 Å². The number of hydrogen-bond acceptors (Lipinski definition) is 1. The molecule has 1 unspecified atom stereocenters. The number of rotatable bonds is 4. The zero-order chi connectivity index (χ0) is 10.9.